The second-order valence-electron chi connectivity index (χ2n) is 5.01. The fraction of sp³-hybridized carbons (Fsp3) is 0.167. The van der Waals surface area contributed by atoms with Gasteiger partial charge in [-0.3, -0.25) is 14.5 Å². The molecule has 5 nitrogen and oxygen atoms in total. The van der Waals surface area contributed by atoms with Crippen molar-refractivity contribution in [3.63, 3.8) is 0 Å². The summed E-state index contributed by atoms with van der Waals surface area (Å²) in [4.78, 5) is 25.5. The van der Waals surface area contributed by atoms with Crippen LogP contribution in [-0.4, -0.2) is 25.0 Å². The number of benzene rings is 2. The number of hydrogen-bond donors (Lipinski definition) is 0. The van der Waals surface area contributed by atoms with Gasteiger partial charge in [0.15, 0.2) is 6.61 Å². The highest BCUT2D eigenvalue weighted by Gasteiger charge is 2.18. The summed E-state index contributed by atoms with van der Waals surface area (Å²) in [5, 5.41) is 9.61. The maximum Gasteiger partial charge on any atom is 0.310 e. The zero-order chi connectivity index (χ0) is 18.2. The third-order valence-electron chi connectivity index (χ3n) is 3.34. The molecule has 0 saturated heterocycles. The molecule has 0 bridgehead atoms. The van der Waals surface area contributed by atoms with Gasteiger partial charge in [0, 0.05) is 21.3 Å². The predicted molar refractivity (Wildman–Crippen MR) is 95.5 cm³/mol. The van der Waals surface area contributed by atoms with Crippen molar-refractivity contribution in [1.82, 2.24) is 0 Å². The average molecular weight is 377 g/mol. The molecule has 2 rings (SSSR count). The first kappa shape index (κ1) is 18.8. The Hall–Kier alpha value is -2.55. The van der Waals surface area contributed by atoms with Crippen LogP contribution in [0.1, 0.15) is 5.56 Å². The van der Waals surface area contributed by atoms with Gasteiger partial charge in [-0.05, 0) is 24.3 Å². The number of nitrogens with zero attached hydrogens (tertiary/aromatic N) is 2. The zero-order valence-electron chi connectivity index (χ0n) is 13.1. The molecule has 128 valence electrons. The van der Waals surface area contributed by atoms with E-state index >= 15 is 0 Å². The van der Waals surface area contributed by atoms with Gasteiger partial charge in [0.25, 0.3) is 5.91 Å². The second kappa shape index (κ2) is 9.07. The fourth-order valence-corrected chi connectivity index (χ4v) is 2.65. The molecule has 0 aromatic heterocycles. The van der Waals surface area contributed by atoms with Crippen LogP contribution in [0.25, 0.3) is 0 Å². The summed E-state index contributed by atoms with van der Waals surface area (Å²) in [5.74, 6) is -1.13. The number of anilines is 1. The predicted octanol–water partition coefficient (Wildman–Crippen LogP) is 3.64. The maximum absolute atomic E-state index is 12.3. The van der Waals surface area contributed by atoms with E-state index in [2.05, 4.69) is 0 Å². The first-order valence-electron chi connectivity index (χ1n) is 7.33. The number of ether oxygens (including phenoxy) is 1. The van der Waals surface area contributed by atoms with Gasteiger partial charge in [-0.2, -0.15) is 5.26 Å². The largest absolute Gasteiger partial charge is 0.455 e. The van der Waals surface area contributed by atoms with Crippen molar-refractivity contribution in [1.29, 1.82) is 5.26 Å². The highest BCUT2D eigenvalue weighted by Crippen LogP contribution is 2.24. The van der Waals surface area contributed by atoms with Crippen LogP contribution < -0.4 is 4.90 Å². The number of esters is 1. The average Bonchev–Trinajstić information content (AvgIpc) is 2.61. The third kappa shape index (κ3) is 5.21. The summed E-state index contributed by atoms with van der Waals surface area (Å²) >= 11 is 12.0. The Morgan fingerprint density at radius 3 is 2.28 bits per heavy atom. The Labute approximate surface area is 155 Å². The van der Waals surface area contributed by atoms with E-state index in [4.69, 9.17) is 33.2 Å². The first-order chi connectivity index (χ1) is 12.0. The van der Waals surface area contributed by atoms with Crippen molar-refractivity contribution >= 4 is 40.8 Å². The Bertz CT molecular complexity index is 783. The molecule has 0 aliphatic carbocycles. The summed E-state index contributed by atoms with van der Waals surface area (Å²) in [6.07, 6.45) is -0.143. The Balaban J connectivity index is 1.98. The number of hydrogen-bond acceptors (Lipinski definition) is 4. The van der Waals surface area contributed by atoms with Gasteiger partial charge >= 0.3 is 5.97 Å². The minimum absolute atomic E-state index is 0.142. The summed E-state index contributed by atoms with van der Waals surface area (Å²) in [6.45, 7) is -0.617. The Morgan fingerprint density at radius 1 is 1.04 bits per heavy atom. The molecule has 0 aliphatic rings. The number of carbonyl (C=O) groups is 2. The van der Waals surface area contributed by atoms with Crippen LogP contribution in [0.2, 0.25) is 10.0 Å². The van der Waals surface area contributed by atoms with Crippen molar-refractivity contribution in [2.24, 2.45) is 0 Å². The van der Waals surface area contributed by atoms with E-state index in [0.717, 1.165) is 0 Å². The molecule has 2 aromatic carbocycles. The molecule has 0 atom stereocenters. The van der Waals surface area contributed by atoms with Gasteiger partial charge in [0.2, 0.25) is 0 Å². The molecule has 0 N–H and O–H groups in total. The Kier molecular flexibility index (Phi) is 6.81. The summed E-state index contributed by atoms with van der Waals surface area (Å²) in [7, 11) is 0. The monoisotopic (exact) mass is 376 g/mol. The van der Waals surface area contributed by atoms with E-state index in [-0.39, 0.29) is 13.0 Å². The van der Waals surface area contributed by atoms with E-state index in [1.54, 1.807) is 48.5 Å². The lowest BCUT2D eigenvalue weighted by atomic mass is 10.1. The van der Waals surface area contributed by atoms with E-state index in [1.165, 1.54) is 4.90 Å². The van der Waals surface area contributed by atoms with Gasteiger partial charge in [-0.1, -0.05) is 47.5 Å². The third-order valence-corrected chi connectivity index (χ3v) is 4.05. The fourth-order valence-electron chi connectivity index (χ4n) is 2.12. The molecule has 0 saturated carbocycles. The van der Waals surface area contributed by atoms with Crippen LogP contribution in [-0.2, 0) is 20.7 Å². The van der Waals surface area contributed by atoms with Crippen LogP contribution in [0.15, 0.2) is 48.5 Å². The van der Waals surface area contributed by atoms with Gasteiger partial charge < -0.3 is 4.74 Å². The zero-order valence-corrected chi connectivity index (χ0v) is 14.6. The molecule has 0 aliphatic heterocycles. The van der Waals surface area contributed by atoms with E-state index in [0.29, 0.717) is 21.3 Å². The molecule has 7 heteroatoms. The minimum Gasteiger partial charge on any atom is -0.455 e. The van der Waals surface area contributed by atoms with Gasteiger partial charge in [0.05, 0.1) is 12.5 Å². The number of carbonyl (C=O) groups excluding carboxylic acids is 2. The second-order valence-corrected chi connectivity index (χ2v) is 5.83. The number of rotatable bonds is 6. The van der Waals surface area contributed by atoms with Crippen molar-refractivity contribution in [2.75, 3.05) is 18.1 Å². The smallest absolute Gasteiger partial charge is 0.310 e. The lowest BCUT2D eigenvalue weighted by Crippen LogP contribution is -2.35. The number of nitriles is 1. The van der Waals surface area contributed by atoms with E-state index in [9.17, 15) is 9.59 Å². The van der Waals surface area contributed by atoms with Gasteiger partial charge in [-0.25, -0.2) is 0 Å². The lowest BCUT2D eigenvalue weighted by Gasteiger charge is -2.19. The number of amides is 1. The molecular formula is C18H14Cl2N2O3. The molecule has 0 spiro atoms. The van der Waals surface area contributed by atoms with Crippen LogP contribution in [0.5, 0.6) is 0 Å². The van der Waals surface area contributed by atoms with Gasteiger partial charge in [-0.15, -0.1) is 0 Å². The summed E-state index contributed by atoms with van der Waals surface area (Å²) in [5.41, 5.74) is 1.000. The first-order valence-corrected chi connectivity index (χ1v) is 8.09. The number of para-hydroxylation sites is 1. The molecular weight excluding hydrogens is 363 g/mol. The van der Waals surface area contributed by atoms with Crippen LogP contribution in [0, 0.1) is 11.3 Å². The molecule has 0 heterocycles. The lowest BCUT2D eigenvalue weighted by molar-refractivity contribution is -0.147. The molecule has 0 fully saturated rings. The standard InChI is InChI=1S/C18H14Cl2N2O3/c19-15-7-4-8-16(20)14(15)11-18(24)25-12-17(23)22(10-9-21)13-5-2-1-3-6-13/h1-8H,10-12H2. The van der Waals surface area contributed by atoms with E-state index < -0.39 is 18.5 Å². The normalized spacial score (nSPS) is 9.96. The van der Waals surface area contributed by atoms with Crippen molar-refractivity contribution < 1.29 is 14.3 Å². The van der Waals surface area contributed by atoms with Gasteiger partial charge in [0.1, 0.15) is 6.54 Å². The van der Waals surface area contributed by atoms with Crippen molar-refractivity contribution in [3.8, 4) is 6.07 Å². The molecule has 1 amide bonds. The number of halogens is 2. The van der Waals surface area contributed by atoms with Crippen molar-refractivity contribution in [3.05, 3.63) is 64.1 Å². The summed E-state index contributed by atoms with van der Waals surface area (Å²) < 4.78 is 5.01. The molecule has 0 unspecified atom stereocenters. The maximum atomic E-state index is 12.3. The highest BCUT2D eigenvalue weighted by molar-refractivity contribution is 6.36. The van der Waals surface area contributed by atoms with Crippen molar-refractivity contribution in [2.45, 2.75) is 6.42 Å². The SMILES string of the molecule is N#CCN(C(=O)COC(=O)Cc1c(Cl)cccc1Cl)c1ccccc1. The summed E-state index contributed by atoms with van der Waals surface area (Å²) in [6, 6.07) is 15.5. The molecule has 0 radical (unpaired) electrons. The Morgan fingerprint density at radius 2 is 1.68 bits per heavy atom. The quantitative estimate of drug-likeness (QED) is 0.569. The van der Waals surface area contributed by atoms with E-state index in [1.807, 2.05) is 6.07 Å². The minimum atomic E-state index is -0.631. The van der Waals surface area contributed by atoms with Crippen LogP contribution >= 0.6 is 23.2 Å². The molecule has 25 heavy (non-hydrogen) atoms. The highest BCUT2D eigenvalue weighted by atomic mass is 35.5. The molecule has 2 aromatic rings. The van der Waals surface area contributed by atoms with Crippen LogP contribution in [0.3, 0.4) is 0 Å². The van der Waals surface area contributed by atoms with Crippen LogP contribution in [0.4, 0.5) is 5.69 Å². The topological polar surface area (TPSA) is 70.4 Å².